The van der Waals surface area contributed by atoms with Crippen LogP contribution in [0, 0.1) is 0 Å². The van der Waals surface area contributed by atoms with Crippen LogP contribution in [0.2, 0.25) is 18.1 Å². The molecular formula is C32H43N3O4Si. The fraction of sp³-hybridized carbons (Fsp3) is 0.438. The van der Waals surface area contributed by atoms with Crippen molar-refractivity contribution in [2.45, 2.75) is 57.7 Å². The Hall–Kier alpha value is -3.36. The number of nitrogens with one attached hydrogen (secondary N) is 1. The van der Waals surface area contributed by atoms with E-state index in [9.17, 15) is 4.79 Å². The maximum absolute atomic E-state index is 12.1. The summed E-state index contributed by atoms with van der Waals surface area (Å²) in [4.78, 5) is 18.5. The fourth-order valence-corrected chi connectivity index (χ4v) is 5.65. The number of hydrogen-bond acceptors (Lipinski definition) is 7. The quantitative estimate of drug-likeness (QED) is 0.208. The van der Waals surface area contributed by atoms with Crippen molar-refractivity contribution in [2.24, 2.45) is 0 Å². The maximum Gasteiger partial charge on any atom is 0.340 e. The molecule has 1 atom stereocenters. The normalized spacial score (nSPS) is 15.1. The number of anilines is 3. The van der Waals surface area contributed by atoms with E-state index >= 15 is 0 Å². The molecule has 0 fully saturated rings. The number of benzene rings is 2. The van der Waals surface area contributed by atoms with E-state index in [4.69, 9.17) is 13.9 Å². The van der Waals surface area contributed by atoms with Crippen LogP contribution in [0.1, 0.15) is 54.6 Å². The number of esters is 1. The summed E-state index contributed by atoms with van der Waals surface area (Å²) >= 11 is 0. The first-order valence-electron chi connectivity index (χ1n) is 14.0. The van der Waals surface area contributed by atoms with Crippen LogP contribution >= 0.6 is 0 Å². The third-order valence-corrected chi connectivity index (χ3v) is 12.8. The van der Waals surface area contributed by atoms with Gasteiger partial charge in [0, 0.05) is 49.8 Å². The van der Waals surface area contributed by atoms with Crippen molar-refractivity contribution < 1.29 is 18.7 Å². The Morgan fingerprint density at radius 3 is 2.55 bits per heavy atom. The minimum Gasteiger partial charge on any atom is -0.493 e. The Bertz CT molecular complexity index is 1300. The first kappa shape index (κ1) is 29.6. The molecule has 0 bridgehead atoms. The molecule has 0 saturated heterocycles. The minimum atomic E-state index is -1.73. The zero-order valence-corrected chi connectivity index (χ0v) is 25.9. The van der Waals surface area contributed by atoms with Crippen molar-refractivity contribution in [1.82, 2.24) is 4.98 Å². The first-order valence-corrected chi connectivity index (χ1v) is 16.9. The molecular weight excluding hydrogens is 518 g/mol. The van der Waals surface area contributed by atoms with Crippen LogP contribution in [-0.4, -0.2) is 53.2 Å². The summed E-state index contributed by atoms with van der Waals surface area (Å²) in [6.07, 6.45) is 5.07. The number of rotatable bonds is 10. The molecule has 0 radical (unpaired) electrons. The topological polar surface area (TPSA) is 72.9 Å². The molecule has 1 aromatic heterocycles. The highest BCUT2D eigenvalue weighted by Gasteiger charge is 2.36. The van der Waals surface area contributed by atoms with Crippen LogP contribution in [0.3, 0.4) is 0 Å². The number of nitrogens with zero attached hydrogens (tertiary/aromatic N) is 2. The third kappa shape index (κ3) is 6.85. The Labute approximate surface area is 240 Å². The molecule has 7 nitrogen and oxygen atoms in total. The first-order chi connectivity index (χ1) is 19.0. The van der Waals surface area contributed by atoms with Gasteiger partial charge in [-0.05, 0) is 66.4 Å². The molecule has 0 amide bonds. The van der Waals surface area contributed by atoms with Crippen molar-refractivity contribution in [1.29, 1.82) is 0 Å². The molecule has 2 aromatic carbocycles. The van der Waals surface area contributed by atoms with Gasteiger partial charge in [-0.25, -0.2) is 4.79 Å². The standard InChI is InChI=1S/C32H43N3O4Si/c1-32(2,3)40(6,7)39-19-15-23-8-10-25(11-9-23)35(4)26-12-13-27-24(16-18-38-30(27)20-26)21-34-29-22-33-17-14-28(29)31(36)37-5/h8-14,17,20,22,24,34H,15-16,18-19,21H2,1-7H3/t24-/m0/s1. The smallest absolute Gasteiger partial charge is 0.340 e. The zero-order chi connectivity index (χ0) is 28.9. The average Bonchev–Trinajstić information content (AvgIpc) is 2.94. The van der Waals surface area contributed by atoms with Gasteiger partial charge in [-0.15, -0.1) is 0 Å². The summed E-state index contributed by atoms with van der Waals surface area (Å²) in [7, 11) is 1.74. The Morgan fingerprint density at radius 1 is 1.12 bits per heavy atom. The van der Waals surface area contributed by atoms with Gasteiger partial charge in [-0.2, -0.15) is 0 Å². The Morgan fingerprint density at radius 2 is 1.85 bits per heavy atom. The van der Waals surface area contributed by atoms with Crippen LogP contribution in [0.5, 0.6) is 5.75 Å². The lowest BCUT2D eigenvalue weighted by Crippen LogP contribution is -2.41. The van der Waals surface area contributed by atoms with Crippen molar-refractivity contribution in [2.75, 3.05) is 44.1 Å². The van der Waals surface area contributed by atoms with Crippen molar-refractivity contribution in [3.63, 3.8) is 0 Å². The molecule has 0 spiro atoms. The molecule has 4 rings (SSSR count). The van der Waals surface area contributed by atoms with Crippen LogP contribution in [0.15, 0.2) is 60.9 Å². The van der Waals surface area contributed by atoms with Crippen LogP contribution < -0.4 is 15.0 Å². The number of aromatic nitrogens is 1. The second kappa shape index (κ2) is 12.4. The maximum atomic E-state index is 12.1. The lowest BCUT2D eigenvalue weighted by molar-refractivity contribution is 0.0601. The summed E-state index contributed by atoms with van der Waals surface area (Å²) < 4.78 is 17.3. The second-order valence-electron chi connectivity index (χ2n) is 11.9. The fourth-order valence-electron chi connectivity index (χ4n) is 4.60. The van der Waals surface area contributed by atoms with Gasteiger partial charge in [0.25, 0.3) is 0 Å². The van der Waals surface area contributed by atoms with Crippen LogP contribution in [-0.2, 0) is 15.6 Å². The summed E-state index contributed by atoms with van der Waals surface area (Å²) in [5, 5.41) is 3.63. The Balaban J connectivity index is 1.39. The van der Waals surface area contributed by atoms with E-state index in [0.29, 0.717) is 24.4 Å². The van der Waals surface area contributed by atoms with Gasteiger partial charge in [0.15, 0.2) is 8.32 Å². The molecule has 40 heavy (non-hydrogen) atoms. The molecule has 2 heterocycles. The molecule has 1 aliphatic heterocycles. The van der Waals surface area contributed by atoms with Gasteiger partial charge in [0.05, 0.1) is 31.2 Å². The SMILES string of the molecule is COC(=O)c1ccncc1NC[C@@H]1CCOc2cc(N(C)c3ccc(CCO[Si](C)(C)C(C)(C)C)cc3)ccc21. The van der Waals surface area contributed by atoms with Gasteiger partial charge in [0.2, 0.25) is 0 Å². The second-order valence-corrected chi connectivity index (χ2v) is 16.7. The summed E-state index contributed by atoms with van der Waals surface area (Å²) in [5.41, 5.74) is 5.79. The molecule has 214 valence electrons. The van der Waals surface area contributed by atoms with Crippen LogP contribution in [0.4, 0.5) is 17.1 Å². The summed E-state index contributed by atoms with van der Waals surface area (Å²) in [5.74, 6) is 0.778. The number of fused-ring (bicyclic) bond motifs is 1. The number of ether oxygens (including phenoxy) is 2. The van der Waals surface area contributed by atoms with E-state index in [1.165, 1.54) is 12.7 Å². The molecule has 1 aliphatic rings. The van der Waals surface area contributed by atoms with Gasteiger partial charge in [-0.1, -0.05) is 39.0 Å². The molecule has 0 unspecified atom stereocenters. The highest BCUT2D eigenvalue weighted by Crippen LogP contribution is 2.38. The lowest BCUT2D eigenvalue weighted by Gasteiger charge is -2.36. The predicted octanol–water partition coefficient (Wildman–Crippen LogP) is 7.18. The van der Waals surface area contributed by atoms with E-state index in [2.05, 4.69) is 98.6 Å². The van der Waals surface area contributed by atoms with E-state index < -0.39 is 8.32 Å². The monoisotopic (exact) mass is 561 g/mol. The molecule has 0 saturated carbocycles. The summed E-state index contributed by atoms with van der Waals surface area (Å²) in [6, 6.07) is 16.8. The number of carbonyl (C=O) groups excluding carboxylic acids is 1. The highest BCUT2D eigenvalue weighted by molar-refractivity contribution is 6.74. The van der Waals surface area contributed by atoms with Gasteiger partial charge in [-0.3, -0.25) is 4.98 Å². The highest BCUT2D eigenvalue weighted by atomic mass is 28.4. The van der Waals surface area contributed by atoms with E-state index in [-0.39, 0.29) is 16.9 Å². The number of carbonyl (C=O) groups is 1. The molecule has 3 aromatic rings. The average molecular weight is 562 g/mol. The number of hydrogen-bond donors (Lipinski definition) is 1. The van der Waals surface area contributed by atoms with Crippen molar-refractivity contribution >= 4 is 31.3 Å². The Kier molecular flexibility index (Phi) is 9.21. The number of pyridine rings is 1. The van der Waals surface area contributed by atoms with Crippen molar-refractivity contribution in [3.8, 4) is 5.75 Å². The predicted molar refractivity (Wildman–Crippen MR) is 165 cm³/mol. The van der Waals surface area contributed by atoms with Gasteiger partial charge in [0.1, 0.15) is 5.75 Å². The van der Waals surface area contributed by atoms with E-state index in [0.717, 1.165) is 42.1 Å². The summed E-state index contributed by atoms with van der Waals surface area (Å²) in [6.45, 7) is 13.5. The molecule has 1 N–H and O–H groups in total. The van der Waals surface area contributed by atoms with Crippen molar-refractivity contribution in [3.05, 3.63) is 77.6 Å². The molecule has 0 aliphatic carbocycles. The van der Waals surface area contributed by atoms with Gasteiger partial charge >= 0.3 is 5.97 Å². The molecule has 8 heteroatoms. The largest absolute Gasteiger partial charge is 0.493 e. The third-order valence-electron chi connectivity index (χ3n) is 8.30. The van der Waals surface area contributed by atoms with E-state index in [1.54, 1.807) is 18.5 Å². The minimum absolute atomic E-state index is 0.224. The van der Waals surface area contributed by atoms with Crippen LogP contribution in [0.25, 0.3) is 0 Å². The van der Waals surface area contributed by atoms with E-state index in [1.807, 2.05) is 0 Å². The number of methoxy groups -OCH3 is 1. The lowest BCUT2D eigenvalue weighted by atomic mass is 9.92. The zero-order valence-electron chi connectivity index (χ0n) is 24.9. The van der Waals surface area contributed by atoms with Gasteiger partial charge < -0.3 is 24.1 Å².